The second-order valence-corrected chi connectivity index (χ2v) is 6.80. The highest BCUT2D eigenvalue weighted by molar-refractivity contribution is 5.75. The van der Waals surface area contributed by atoms with Crippen molar-refractivity contribution >= 4 is 5.91 Å². The van der Waals surface area contributed by atoms with E-state index in [1.54, 1.807) is 0 Å². The second kappa shape index (κ2) is 6.71. The molecule has 3 unspecified atom stereocenters. The van der Waals surface area contributed by atoms with E-state index in [2.05, 4.69) is 25.7 Å². The van der Waals surface area contributed by atoms with Crippen LogP contribution >= 0.6 is 0 Å². The summed E-state index contributed by atoms with van der Waals surface area (Å²) in [7, 11) is 2.00. The lowest BCUT2D eigenvalue weighted by atomic mass is 9.65. The Morgan fingerprint density at radius 1 is 1.37 bits per heavy atom. The standard InChI is InChI=1S/C15H31N3O/c1-5-15(2,3)12-7-6-11(9-16)13(8-12)18(4)10-14(17)19/h11-13H,5-10,16H2,1-4H3,(H2,17,19). The van der Waals surface area contributed by atoms with E-state index in [0.29, 0.717) is 36.4 Å². The van der Waals surface area contributed by atoms with Gasteiger partial charge in [0.05, 0.1) is 6.54 Å². The van der Waals surface area contributed by atoms with Gasteiger partial charge in [0.15, 0.2) is 0 Å². The molecular formula is C15H31N3O. The Bertz CT molecular complexity index is 304. The Labute approximate surface area is 117 Å². The average Bonchev–Trinajstić information content (AvgIpc) is 2.37. The van der Waals surface area contributed by atoms with Crippen LogP contribution in [0.1, 0.15) is 46.5 Å². The molecule has 3 atom stereocenters. The summed E-state index contributed by atoms with van der Waals surface area (Å²) in [6.07, 6.45) is 4.74. The molecule has 1 fully saturated rings. The number of hydrogen-bond acceptors (Lipinski definition) is 3. The van der Waals surface area contributed by atoms with Crippen LogP contribution in [0.15, 0.2) is 0 Å². The average molecular weight is 269 g/mol. The third kappa shape index (κ3) is 4.18. The lowest BCUT2D eigenvalue weighted by Gasteiger charge is -2.45. The maximum atomic E-state index is 11.1. The van der Waals surface area contributed by atoms with E-state index in [-0.39, 0.29) is 5.91 Å². The smallest absolute Gasteiger partial charge is 0.231 e. The molecule has 1 aliphatic carbocycles. The lowest BCUT2D eigenvalue weighted by Crippen LogP contribution is -2.49. The first-order valence-corrected chi connectivity index (χ1v) is 7.50. The minimum atomic E-state index is -0.254. The SMILES string of the molecule is CCC(C)(C)C1CCC(CN)C(N(C)CC(N)=O)C1. The molecule has 0 heterocycles. The molecule has 0 aromatic carbocycles. The van der Waals surface area contributed by atoms with E-state index in [4.69, 9.17) is 11.5 Å². The minimum absolute atomic E-state index is 0.254. The molecular weight excluding hydrogens is 238 g/mol. The number of carbonyl (C=O) groups is 1. The number of nitrogens with two attached hydrogens (primary N) is 2. The minimum Gasteiger partial charge on any atom is -0.369 e. The molecule has 112 valence electrons. The van der Waals surface area contributed by atoms with Gasteiger partial charge in [-0.05, 0) is 50.1 Å². The highest BCUT2D eigenvalue weighted by atomic mass is 16.1. The molecule has 1 amide bonds. The van der Waals surface area contributed by atoms with Crippen LogP contribution in [0.4, 0.5) is 0 Å². The zero-order chi connectivity index (χ0) is 14.6. The summed E-state index contributed by atoms with van der Waals surface area (Å²) in [4.78, 5) is 13.2. The van der Waals surface area contributed by atoms with Crippen molar-refractivity contribution in [1.29, 1.82) is 0 Å². The topological polar surface area (TPSA) is 72.3 Å². The lowest BCUT2D eigenvalue weighted by molar-refractivity contribution is -0.120. The molecule has 0 spiro atoms. The number of amides is 1. The third-order valence-electron chi connectivity index (χ3n) is 5.25. The van der Waals surface area contributed by atoms with Crippen molar-refractivity contribution in [3.63, 3.8) is 0 Å². The zero-order valence-electron chi connectivity index (χ0n) is 13.0. The van der Waals surface area contributed by atoms with Crippen LogP contribution in [0.25, 0.3) is 0 Å². The van der Waals surface area contributed by atoms with E-state index in [9.17, 15) is 4.79 Å². The van der Waals surface area contributed by atoms with Crippen LogP contribution < -0.4 is 11.5 Å². The van der Waals surface area contributed by atoms with Gasteiger partial charge in [0.25, 0.3) is 0 Å². The molecule has 1 saturated carbocycles. The maximum Gasteiger partial charge on any atom is 0.231 e. The molecule has 4 heteroatoms. The monoisotopic (exact) mass is 269 g/mol. The number of likely N-dealkylation sites (N-methyl/N-ethyl adjacent to an activating group) is 1. The van der Waals surface area contributed by atoms with E-state index in [1.807, 2.05) is 7.05 Å². The molecule has 4 N–H and O–H groups in total. The van der Waals surface area contributed by atoms with Crippen LogP contribution in [-0.2, 0) is 4.79 Å². The van der Waals surface area contributed by atoms with E-state index < -0.39 is 0 Å². The Morgan fingerprint density at radius 2 is 2.00 bits per heavy atom. The summed E-state index contributed by atoms with van der Waals surface area (Å²) in [6.45, 7) is 8.00. The molecule has 0 radical (unpaired) electrons. The summed E-state index contributed by atoms with van der Waals surface area (Å²) in [5.74, 6) is 0.948. The molecule has 0 saturated heterocycles. The first kappa shape index (κ1) is 16.4. The third-order valence-corrected chi connectivity index (χ3v) is 5.25. The Balaban J connectivity index is 2.76. The van der Waals surface area contributed by atoms with Crippen LogP contribution in [0.5, 0.6) is 0 Å². The van der Waals surface area contributed by atoms with Gasteiger partial charge in [0.2, 0.25) is 5.91 Å². The predicted octanol–water partition coefficient (Wildman–Crippen LogP) is 1.58. The molecule has 1 rings (SSSR count). The van der Waals surface area contributed by atoms with Gasteiger partial charge in [-0.3, -0.25) is 9.69 Å². The van der Waals surface area contributed by atoms with Gasteiger partial charge in [-0.25, -0.2) is 0 Å². The normalized spacial score (nSPS) is 28.6. The fourth-order valence-corrected chi connectivity index (χ4v) is 3.39. The highest BCUT2D eigenvalue weighted by Crippen LogP contribution is 2.43. The molecule has 0 aromatic heterocycles. The molecule has 4 nitrogen and oxygen atoms in total. The second-order valence-electron chi connectivity index (χ2n) is 6.80. The molecule has 0 bridgehead atoms. The first-order valence-electron chi connectivity index (χ1n) is 7.50. The fraction of sp³-hybridized carbons (Fsp3) is 0.933. The number of carbonyl (C=O) groups excluding carboxylic acids is 1. The highest BCUT2D eigenvalue weighted by Gasteiger charge is 2.38. The number of hydrogen-bond donors (Lipinski definition) is 2. The van der Waals surface area contributed by atoms with Gasteiger partial charge in [-0.15, -0.1) is 0 Å². The Morgan fingerprint density at radius 3 is 2.47 bits per heavy atom. The van der Waals surface area contributed by atoms with Crippen molar-refractivity contribution in [2.45, 2.75) is 52.5 Å². The molecule has 1 aliphatic rings. The number of rotatable bonds is 6. The largest absolute Gasteiger partial charge is 0.369 e. The van der Waals surface area contributed by atoms with Gasteiger partial charge in [0.1, 0.15) is 0 Å². The summed E-state index contributed by atoms with van der Waals surface area (Å²) < 4.78 is 0. The van der Waals surface area contributed by atoms with Gasteiger partial charge < -0.3 is 11.5 Å². The van der Waals surface area contributed by atoms with Gasteiger partial charge in [-0.2, -0.15) is 0 Å². The van der Waals surface area contributed by atoms with Crippen LogP contribution in [0.3, 0.4) is 0 Å². The van der Waals surface area contributed by atoms with Crippen molar-refractivity contribution in [3.8, 4) is 0 Å². The predicted molar refractivity (Wildman–Crippen MR) is 79.6 cm³/mol. The van der Waals surface area contributed by atoms with Crippen molar-refractivity contribution < 1.29 is 4.79 Å². The van der Waals surface area contributed by atoms with Gasteiger partial charge in [0, 0.05) is 6.04 Å². The Hall–Kier alpha value is -0.610. The summed E-state index contributed by atoms with van der Waals surface area (Å²) in [5.41, 5.74) is 11.6. The number of primary amides is 1. The quantitative estimate of drug-likeness (QED) is 0.769. The van der Waals surface area contributed by atoms with Gasteiger partial charge >= 0.3 is 0 Å². The number of nitrogens with zero attached hydrogens (tertiary/aromatic N) is 1. The van der Waals surface area contributed by atoms with Crippen LogP contribution in [0, 0.1) is 17.3 Å². The van der Waals surface area contributed by atoms with Crippen molar-refractivity contribution in [2.24, 2.45) is 28.7 Å². The summed E-state index contributed by atoms with van der Waals surface area (Å²) >= 11 is 0. The maximum absolute atomic E-state index is 11.1. The van der Waals surface area contributed by atoms with E-state index in [0.717, 1.165) is 6.42 Å². The van der Waals surface area contributed by atoms with Crippen molar-refractivity contribution in [1.82, 2.24) is 4.90 Å². The van der Waals surface area contributed by atoms with Crippen molar-refractivity contribution in [3.05, 3.63) is 0 Å². The first-order chi connectivity index (χ1) is 8.81. The Kier molecular flexibility index (Phi) is 5.81. The van der Waals surface area contributed by atoms with Crippen LogP contribution in [-0.4, -0.2) is 37.0 Å². The zero-order valence-corrected chi connectivity index (χ0v) is 13.0. The van der Waals surface area contributed by atoms with Gasteiger partial charge in [-0.1, -0.05) is 27.2 Å². The molecule has 19 heavy (non-hydrogen) atoms. The van der Waals surface area contributed by atoms with Crippen molar-refractivity contribution in [2.75, 3.05) is 20.1 Å². The van der Waals surface area contributed by atoms with E-state index in [1.165, 1.54) is 19.3 Å². The fourth-order valence-electron chi connectivity index (χ4n) is 3.39. The summed E-state index contributed by atoms with van der Waals surface area (Å²) in [5, 5.41) is 0. The molecule has 0 aliphatic heterocycles. The van der Waals surface area contributed by atoms with Crippen LogP contribution in [0.2, 0.25) is 0 Å². The summed E-state index contributed by atoms with van der Waals surface area (Å²) in [6, 6.07) is 0.391. The van der Waals surface area contributed by atoms with E-state index >= 15 is 0 Å². The molecule has 0 aromatic rings.